The molecule has 2 heterocycles. The van der Waals surface area contributed by atoms with Crippen molar-refractivity contribution >= 4 is 11.9 Å². The first-order chi connectivity index (χ1) is 8.78. The van der Waals surface area contributed by atoms with Crippen molar-refractivity contribution in [2.24, 2.45) is 0 Å². The molecule has 2 rings (SSSR count). The highest BCUT2D eigenvalue weighted by Gasteiger charge is 2.27. The van der Waals surface area contributed by atoms with Crippen LogP contribution in [0, 0.1) is 0 Å². The molecule has 0 spiro atoms. The van der Waals surface area contributed by atoms with E-state index in [0.717, 1.165) is 19.4 Å². The Bertz CT molecular complexity index is 401. The molecule has 0 radical (unpaired) electrons. The van der Waals surface area contributed by atoms with Gasteiger partial charge in [0.25, 0.3) is 0 Å². The number of aliphatic hydroxyl groups excluding tert-OH is 1. The summed E-state index contributed by atoms with van der Waals surface area (Å²) < 4.78 is 5.33. The van der Waals surface area contributed by atoms with E-state index in [9.17, 15) is 5.11 Å². The lowest BCUT2D eigenvalue weighted by Gasteiger charge is -2.23. The van der Waals surface area contributed by atoms with E-state index < -0.39 is 0 Å². The van der Waals surface area contributed by atoms with Crippen molar-refractivity contribution in [2.45, 2.75) is 25.8 Å². The molecule has 7 heteroatoms. The van der Waals surface area contributed by atoms with Crippen LogP contribution in [0.25, 0.3) is 0 Å². The van der Waals surface area contributed by atoms with Crippen LogP contribution in [-0.4, -0.2) is 52.9 Å². The molecule has 2 N–H and O–H groups in total. The Labute approximate surface area is 106 Å². The lowest BCUT2D eigenvalue weighted by molar-refractivity contribution is 0.265. The Morgan fingerprint density at radius 1 is 1.44 bits per heavy atom. The van der Waals surface area contributed by atoms with Crippen molar-refractivity contribution in [1.82, 2.24) is 15.0 Å². The highest BCUT2D eigenvalue weighted by atomic mass is 16.5. The van der Waals surface area contributed by atoms with Gasteiger partial charge in [0.2, 0.25) is 11.9 Å². The second-order valence-electron chi connectivity index (χ2n) is 4.10. The van der Waals surface area contributed by atoms with Gasteiger partial charge in [-0.1, -0.05) is 0 Å². The molecular weight excluding hydrogens is 234 g/mol. The summed E-state index contributed by atoms with van der Waals surface area (Å²) >= 11 is 0. The number of ether oxygens (including phenoxy) is 1. The van der Waals surface area contributed by atoms with Crippen LogP contribution in [0.2, 0.25) is 0 Å². The summed E-state index contributed by atoms with van der Waals surface area (Å²) in [5.74, 6) is 1.04. The van der Waals surface area contributed by atoms with Gasteiger partial charge < -0.3 is 20.1 Å². The number of nitrogens with one attached hydrogen (secondary N) is 1. The maximum absolute atomic E-state index is 9.34. The summed E-state index contributed by atoms with van der Waals surface area (Å²) in [6.45, 7) is 3.36. The van der Waals surface area contributed by atoms with E-state index in [4.69, 9.17) is 4.74 Å². The van der Waals surface area contributed by atoms with Crippen LogP contribution in [0.1, 0.15) is 19.8 Å². The summed E-state index contributed by atoms with van der Waals surface area (Å²) in [5.41, 5.74) is 0. The predicted molar refractivity (Wildman–Crippen MR) is 68.0 cm³/mol. The fraction of sp³-hybridized carbons (Fsp3) is 0.727. The van der Waals surface area contributed by atoms with E-state index in [1.807, 2.05) is 11.8 Å². The standard InChI is InChI=1S/C11H19N5O2/c1-3-18-11-14-9(12-2)13-10(15-11)16-6-4-5-8(16)7-17/h8,17H,3-7H2,1-2H3,(H,12,13,14,15). The Balaban J connectivity index is 2.27. The van der Waals surface area contributed by atoms with E-state index in [-0.39, 0.29) is 12.6 Å². The lowest BCUT2D eigenvalue weighted by Crippen LogP contribution is -2.33. The molecule has 1 unspecified atom stereocenters. The fourth-order valence-electron chi connectivity index (χ4n) is 2.07. The molecule has 1 aliphatic heterocycles. The first-order valence-electron chi connectivity index (χ1n) is 6.22. The summed E-state index contributed by atoms with van der Waals surface area (Å²) in [4.78, 5) is 14.7. The van der Waals surface area contributed by atoms with Gasteiger partial charge in [-0.3, -0.25) is 0 Å². The number of aromatic nitrogens is 3. The number of rotatable bonds is 5. The first kappa shape index (κ1) is 12.8. The Morgan fingerprint density at radius 2 is 2.28 bits per heavy atom. The predicted octanol–water partition coefficient (Wildman–Crippen LogP) is 0.273. The van der Waals surface area contributed by atoms with Crippen LogP contribution in [-0.2, 0) is 0 Å². The summed E-state index contributed by atoms with van der Waals surface area (Å²) in [6, 6.07) is 0.405. The topological polar surface area (TPSA) is 83.4 Å². The molecule has 1 fully saturated rings. The van der Waals surface area contributed by atoms with Crippen molar-refractivity contribution < 1.29 is 9.84 Å². The molecule has 1 aromatic heterocycles. The zero-order chi connectivity index (χ0) is 13.0. The lowest BCUT2D eigenvalue weighted by atomic mass is 10.2. The van der Waals surface area contributed by atoms with Gasteiger partial charge in [0.05, 0.1) is 19.3 Å². The normalized spacial score (nSPS) is 19.1. The molecule has 1 atom stereocenters. The number of hydrogen-bond donors (Lipinski definition) is 2. The van der Waals surface area contributed by atoms with E-state index >= 15 is 0 Å². The van der Waals surface area contributed by atoms with Gasteiger partial charge in [0, 0.05) is 13.6 Å². The smallest absolute Gasteiger partial charge is 0.323 e. The fourth-order valence-corrected chi connectivity index (χ4v) is 2.07. The number of hydrogen-bond acceptors (Lipinski definition) is 7. The van der Waals surface area contributed by atoms with E-state index in [1.54, 1.807) is 7.05 Å². The minimum absolute atomic E-state index is 0.0894. The maximum Gasteiger partial charge on any atom is 0.323 e. The van der Waals surface area contributed by atoms with Crippen LogP contribution >= 0.6 is 0 Å². The molecule has 7 nitrogen and oxygen atoms in total. The van der Waals surface area contributed by atoms with Crippen molar-refractivity contribution in [3.63, 3.8) is 0 Å². The molecule has 0 saturated carbocycles. The van der Waals surface area contributed by atoms with Gasteiger partial charge >= 0.3 is 6.01 Å². The van der Waals surface area contributed by atoms with Crippen LogP contribution in [0.3, 0.4) is 0 Å². The van der Waals surface area contributed by atoms with Crippen molar-refractivity contribution in [3.8, 4) is 6.01 Å². The summed E-state index contributed by atoms with van der Waals surface area (Å²) in [5, 5.41) is 12.2. The molecule has 1 saturated heterocycles. The third kappa shape index (κ3) is 2.61. The van der Waals surface area contributed by atoms with Crippen LogP contribution < -0.4 is 15.0 Å². The van der Waals surface area contributed by atoms with Gasteiger partial charge in [0.1, 0.15) is 0 Å². The van der Waals surface area contributed by atoms with Gasteiger partial charge in [-0.2, -0.15) is 15.0 Å². The number of anilines is 2. The van der Waals surface area contributed by atoms with Crippen LogP contribution in [0.4, 0.5) is 11.9 Å². The molecule has 100 valence electrons. The second-order valence-corrected chi connectivity index (χ2v) is 4.10. The Kier molecular flexibility index (Phi) is 4.14. The first-order valence-corrected chi connectivity index (χ1v) is 6.22. The molecule has 0 amide bonds. The monoisotopic (exact) mass is 253 g/mol. The van der Waals surface area contributed by atoms with Gasteiger partial charge in [-0.05, 0) is 19.8 Å². The van der Waals surface area contributed by atoms with Gasteiger partial charge in [-0.15, -0.1) is 0 Å². The minimum atomic E-state index is 0.0894. The van der Waals surface area contributed by atoms with Gasteiger partial charge in [-0.25, -0.2) is 0 Å². The molecule has 0 bridgehead atoms. The highest BCUT2D eigenvalue weighted by Crippen LogP contribution is 2.24. The zero-order valence-corrected chi connectivity index (χ0v) is 10.8. The van der Waals surface area contributed by atoms with Crippen molar-refractivity contribution in [3.05, 3.63) is 0 Å². The molecule has 1 aromatic rings. The van der Waals surface area contributed by atoms with Crippen LogP contribution in [0.15, 0.2) is 0 Å². The molecule has 0 aliphatic carbocycles. The number of nitrogens with zero attached hydrogens (tertiary/aromatic N) is 4. The quantitative estimate of drug-likeness (QED) is 0.779. The summed E-state index contributed by atoms with van der Waals surface area (Å²) in [6.07, 6.45) is 2.00. The molecular formula is C11H19N5O2. The maximum atomic E-state index is 9.34. The van der Waals surface area contributed by atoms with E-state index in [1.165, 1.54) is 0 Å². The van der Waals surface area contributed by atoms with Crippen LogP contribution in [0.5, 0.6) is 6.01 Å². The zero-order valence-electron chi connectivity index (χ0n) is 10.8. The Morgan fingerprint density at radius 3 is 2.94 bits per heavy atom. The average molecular weight is 253 g/mol. The molecule has 0 aromatic carbocycles. The molecule has 1 aliphatic rings. The van der Waals surface area contributed by atoms with Crippen molar-refractivity contribution in [2.75, 3.05) is 37.0 Å². The van der Waals surface area contributed by atoms with Crippen molar-refractivity contribution in [1.29, 1.82) is 0 Å². The van der Waals surface area contributed by atoms with E-state index in [2.05, 4.69) is 20.3 Å². The Hall–Kier alpha value is -1.63. The van der Waals surface area contributed by atoms with E-state index in [0.29, 0.717) is 24.5 Å². The second kappa shape index (κ2) is 5.81. The summed E-state index contributed by atoms with van der Waals surface area (Å²) in [7, 11) is 1.75. The largest absolute Gasteiger partial charge is 0.464 e. The third-order valence-electron chi connectivity index (χ3n) is 2.94. The third-order valence-corrected chi connectivity index (χ3v) is 2.94. The SMILES string of the molecule is CCOc1nc(NC)nc(N2CCCC2CO)n1. The highest BCUT2D eigenvalue weighted by molar-refractivity contribution is 5.40. The van der Waals surface area contributed by atoms with Gasteiger partial charge in [0.15, 0.2) is 0 Å². The average Bonchev–Trinajstić information content (AvgIpc) is 2.87. The molecule has 18 heavy (non-hydrogen) atoms. The number of aliphatic hydroxyl groups is 1. The minimum Gasteiger partial charge on any atom is -0.464 e.